The summed E-state index contributed by atoms with van der Waals surface area (Å²) in [5, 5.41) is 0. The van der Waals surface area contributed by atoms with Crippen LogP contribution in [0.15, 0.2) is 48.5 Å². The highest BCUT2D eigenvalue weighted by molar-refractivity contribution is 5.62. The van der Waals surface area contributed by atoms with E-state index in [1.807, 2.05) is 0 Å². The fourth-order valence-electron chi connectivity index (χ4n) is 4.31. The van der Waals surface area contributed by atoms with E-state index in [1.54, 1.807) is 7.11 Å². The molecule has 2 atom stereocenters. The van der Waals surface area contributed by atoms with Crippen molar-refractivity contribution in [1.82, 2.24) is 4.90 Å². The zero-order chi connectivity index (χ0) is 16.5. The van der Waals surface area contributed by atoms with E-state index in [-0.39, 0.29) is 0 Å². The van der Waals surface area contributed by atoms with Gasteiger partial charge >= 0.3 is 0 Å². The number of benzene rings is 2. The molecule has 0 saturated carbocycles. The Hall–Kier alpha value is -2.00. The van der Waals surface area contributed by atoms with Crippen LogP contribution in [0.3, 0.4) is 0 Å². The van der Waals surface area contributed by atoms with Crippen LogP contribution in [0.1, 0.15) is 30.5 Å². The maximum absolute atomic E-state index is 5.57. The molecule has 2 heterocycles. The van der Waals surface area contributed by atoms with Crippen LogP contribution in [-0.4, -0.2) is 37.7 Å². The summed E-state index contributed by atoms with van der Waals surface area (Å²) in [6.45, 7) is 5.70. The van der Waals surface area contributed by atoms with Gasteiger partial charge < -0.3 is 9.64 Å². The van der Waals surface area contributed by atoms with Crippen LogP contribution in [-0.2, 0) is 6.42 Å². The van der Waals surface area contributed by atoms with Crippen molar-refractivity contribution >= 4 is 5.69 Å². The second-order valence-electron chi connectivity index (χ2n) is 6.93. The van der Waals surface area contributed by atoms with E-state index >= 15 is 0 Å². The topological polar surface area (TPSA) is 15.7 Å². The molecule has 2 aliphatic rings. The summed E-state index contributed by atoms with van der Waals surface area (Å²) in [6.07, 6.45) is 2.33. The monoisotopic (exact) mass is 322 g/mol. The molecule has 2 aromatic rings. The Morgan fingerprint density at radius 2 is 1.88 bits per heavy atom. The van der Waals surface area contributed by atoms with Gasteiger partial charge in [0.2, 0.25) is 0 Å². The smallest absolute Gasteiger partial charge is 0.124 e. The SMILES string of the molecule is COc1cccc2c1CC[C@H]1CN([C@@H](C)c3ccccc3)CCN21. The Balaban J connectivity index is 1.53. The Morgan fingerprint density at radius 3 is 2.67 bits per heavy atom. The first-order valence-corrected chi connectivity index (χ1v) is 8.99. The zero-order valence-electron chi connectivity index (χ0n) is 14.6. The average Bonchev–Trinajstić information content (AvgIpc) is 2.66. The highest BCUT2D eigenvalue weighted by atomic mass is 16.5. The molecule has 2 aromatic carbocycles. The highest BCUT2D eigenvalue weighted by Crippen LogP contribution is 2.38. The number of fused-ring (bicyclic) bond motifs is 3. The highest BCUT2D eigenvalue weighted by Gasteiger charge is 2.34. The number of hydrogen-bond donors (Lipinski definition) is 0. The molecule has 0 unspecified atom stereocenters. The number of rotatable bonds is 3. The van der Waals surface area contributed by atoms with Crippen molar-refractivity contribution in [1.29, 1.82) is 0 Å². The lowest BCUT2D eigenvalue weighted by molar-refractivity contribution is 0.165. The molecule has 1 fully saturated rings. The molecule has 1 saturated heterocycles. The fourth-order valence-corrected chi connectivity index (χ4v) is 4.31. The lowest BCUT2D eigenvalue weighted by atomic mass is 9.92. The quantitative estimate of drug-likeness (QED) is 0.852. The van der Waals surface area contributed by atoms with E-state index in [4.69, 9.17) is 4.74 Å². The molecule has 2 aliphatic heterocycles. The Kier molecular flexibility index (Phi) is 4.19. The fraction of sp³-hybridized carbons (Fsp3) is 0.429. The second kappa shape index (κ2) is 6.48. The van der Waals surface area contributed by atoms with Gasteiger partial charge in [-0.25, -0.2) is 0 Å². The van der Waals surface area contributed by atoms with Gasteiger partial charge in [-0.05, 0) is 37.5 Å². The Morgan fingerprint density at radius 1 is 1.04 bits per heavy atom. The number of hydrogen-bond acceptors (Lipinski definition) is 3. The molecule has 3 heteroatoms. The minimum Gasteiger partial charge on any atom is -0.496 e. The van der Waals surface area contributed by atoms with Gasteiger partial charge in [0.15, 0.2) is 0 Å². The predicted molar refractivity (Wildman–Crippen MR) is 98.9 cm³/mol. The summed E-state index contributed by atoms with van der Waals surface area (Å²) in [5.41, 5.74) is 4.20. The van der Waals surface area contributed by atoms with Crippen molar-refractivity contribution in [3.05, 3.63) is 59.7 Å². The first-order valence-electron chi connectivity index (χ1n) is 8.99. The summed E-state index contributed by atoms with van der Waals surface area (Å²) < 4.78 is 5.57. The largest absolute Gasteiger partial charge is 0.496 e. The van der Waals surface area contributed by atoms with E-state index in [0.717, 1.165) is 31.8 Å². The maximum Gasteiger partial charge on any atom is 0.124 e. The first kappa shape index (κ1) is 15.5. The van der Waals surface area contributed by atoms with Gasteiger partial charge in [-0.2, -0.15) is 0 Å². The lowest BCUT2D eigenvalue weighted by Gasteiger charge is -2.48. The first-order chi connectivity index (χ1) is 11.8. The van der Waals surface area contributed by atoms with E-state index < -0.39 is 0 Å². The summed E-state index contributed by atoms with van der Waals surface area (Å²) in [5.74, 6) is 1.05. The van der Waals surface area contributed by atoms with Crippen molar-refractivity contribution in [3.63, 3.8) is 0 Å². The molecule has 0 aliphatic carbocycles. The van der Waals surface area contributed by atoms with Crippen molar-refractivity contribution in [2.75, 3.05) is 31.6 Å². The molecule has 0 spiro atoms. The van der Waals surface area contributed by atoms with Crippen molar-refractivity contribution in [2.24, 2.45) is 0 Å². The average molecular weight is 322 g/mol. The van der Waals surface area contributed by atoms with E-state index in [0.29, 0.717) is 12.1 Å². The van der Waals surface area contributed by atoms with Gasteiger partial charge in [0.25, 0.3) is 0 Å². The van der Waals surface area contributed by atoms with Crippen LogP contribution < -0.4 is 9.64 Å². The van der Waals surface area contributed by atoms with Gasteiger partial charge in [-0.1, -0.05) is 36.4 Å². The third-order valence-electron chi connectivity index (χ3n) is 5.71. The normalized spacial score (nSPS) is 21.8. The number of piperazine rings is 1. The number of methoxy groups -OCH3 is 1. The molecule has 0 aromatic heterocycles. The van der Waals surface area contributed by atoms with Gasteiger partial charge in [0.05, 0.1) is 7.11 Å². The molecule has 126 valence electrons. The van der Waals surface area contributed by atoms with Crippen LogP contribution in [0.25, 0.3) is 0 Å². The molecule has 3 nitrogen and oxygen atoms in total. The molecule has 0 radical (unpaired) electrons. The third-order valence-corrected chi connectivity index (χ3v) is 5.71. The summed E-state index contributed by atoms with van der Waals surface area (Å²) in [7, 11) is 1.78. The van der Waals surface area contributed by atoms with Crippen LogP contribution in [0, 0.1) is 0 Å². The van der Waals surface area contributed by atoms with Crippen molar-refractivity contribution in [3.8, 4) is 5.75 Å². The second-order valence-corrected chi connectivity index (χ2v) is 6.93. The molecule has 0 N–H and O–H groups in total. The zero-order valence-corrected chi connectivity index (χ0v) is 14.6. The number of ether oxygens (including phenoxy) is 1. The van der Waals surface area contributed by atoms with E-state index in [2.05, 4.69) is 65.3 Å². The molecule has 0 bridgehead atoms. The third kappa shape index (κ3) is 2.67. The molecule has 0 amide bonds. The summed E-state index contributed by atoms with van der Waals surface area (Å²) in [4.78, 5) is 5.25. The number of nitrogens with zero attached hydrogens (tertiary/aromatic N) is 2. The van der Waals surface area contributed by atoms with E-state index in [9.17, 15) is 0 Å². The van der Waals surface area contributed by atoms with Gasteiger partial charge in [-0.15, -0.1) is 0 Å². The standard InChI is InChI=1S/C21H26N2O/c1-16(17-7-4-3-5-8-17)22-13-14-23-18(15-22)11-12-19-20(23)9-6-10-21(19)24-2/h3-10,16,18H,11-15H2,1-2H3/t16-,18-/m0/s1. The van der Waals surface area contributed by atoms with Crippen LogP contribution in [0.2, 0.25) is 0 Å². The minimum atomic E-state index is 0.486. The van der Waals surface area contributed by atoms with E-state index in [1.165, 1.54) is 23.2 Å². The van der Waals surface area contributed by atoms with Gasteiger partial charge in [0.1, 0.15) is 5.75 Å². The molecule has 24 heavy (non-hydrogen) atoms. The van der Waals surface area contributed by atoms with Crippen molar-refractivity contribution < 1.29 is 4.74 Å². The molecular weight excluding hydrogens is 296 g/mol. The Labute approximate surface area is 144 Å². The number of anilines is 1. The minimum absolute atomic E-state index is 0.486. The van der Waals surface area contributed by atoms with Crippen molar-refractivity contribution in [2.45, 2.75) is 31.8 Å². The lowest BCUT2D eigenvalue weighted by Crippen LogP contribution is -2.55. The van der Waals surface area contributed by atoms with Crippen LogP contribution in [0.4, 0.5) is 5.69 Å². The van der Waals surface area contributed by atoms with Gasteiger partial charge in [0, 0.05) is 43.0 Å². The van der Waals surface area contributed by atoms with Crippen LogP contribution >= 0.6 is 0 Å². The van der Waals surface area contributed by atoms with Gasteiger partial charge in [-0.3, -0.25) is 4.90 Å². The summed E-state index contributed by atoms with van der Waals surface area (Å²) >= 11 is 0. The Bertz CT molecular complexity index is 700. The summed E-state index contributed by atoms with van der Waals surface area (Å²) in [6, 6.07) is 18.5. The molecule has 4 rings (SSSR count). The van der Waals surface area contributed by atoms with Crippen LogP contribution in [0.5, 0.6) is 5.75 Å². The maximum atomic E-state index is 5.57. The molecular formula is C21H26N2O. The predicted octanol–water partition coefficient (Wildman–Crippen LogP) is 3.89.